The highest BCUT2D eigenvalue weighted by molar-refractivity contribution is 5.85. The van der Waals surface area contributed by atoms with Crippen LogP contribution in [0.2, 0.25) is 0 Å². The molecule has 0 fully saturated rings. The van der Waals surface area contributed by atoms with Gasteiger partial charge in [-0.15, -0.1) is 12.4 Å². The molecule has 3 N–H and O–H groups in total. The van der Waals surface area contributed by atoms with Crippen molar-refractivity contribution in [1.29, 1.82) is 0 Å². The Morgan fingerprint density at radius 2 is 1.30 bits per heavy atom. The van der Waals surface area contributed by atoms with Gasteiger partial charge in [0.2, 0.25) is 0 Å². The third kappa shape index (κ3) is 3.40. The summed E-state index contributed by atoms with van der Waals surface area (Å²) in [5.41, 5.74) is 4.71. The van der Waals surface area contributed by atoms with Crippen LogP contribution in [-0.2, 0) is 4.79 Å². The minimum atomic E-state index is -7.08. The first-order valence-corrected chi connectivity index (χ1v) is 4.42. The highest BCUT2D eigenvalue weighted by Gasteiger charge is 2.83. The molecule has 0 aliphatic rings. The van der Waals surface area contributed by atoms with Gasteiger partial charge in [-0.25, -0.2) is 0 Å². The Balaban J connectivity index is 0. The molecule has 0 heterocycles. The van der Waals surface area contributed by atoms with E-state index in [1.807, 2.05) is 0 Å². The zero-order valence-electron chi connectivity index (χ0n) is 9.21. The molecule has 0 aromatic carbocycles. The number of carbonyl (C=O) groups is 1. The van der Waals surface area contributed by atoms with Crippen LogP contribution in [0.1, 0.15) is 0 Å². The van der Waals surface area contributed by atoms with Crippen molar-refractivity contribution in [1.82, 2.24) is 5.32 Å². The molecular weight excluding hydrogens is 335 g/mol. The molecule has 0 atom stereocenters. The van der Waals surface area contributed by atoms with Crippen LogP contribution in [0.25, 0.3) is 0 Å². The summed E-state index contributed by atoms with van der Waals surface area (Å²) in [4.78, 5) is 10.5. The van der Waals surface area contributed by atoms with Crippen LogP contribution in [0.15, 0.2) is 0 Å². The second-order valence-electron chi connectivity index (χ2n) is 3.27. The van der Waals surface area contributed by atoms with Crippen molar-refractivity contribution >= 4 is 18.3 Å². The zero-order valence-corrected chi connectivity index (χ0v) is 10.0. The minimum absolute atomic E-state index is 0. The van der Waals surface area contributed by atoms with Gasteiger partial charge in [0, 0.05) is 13.1 Å². The van der Waals surface area contributed by atoms with Gasteiger partial charge in [-0.05, 0) is 0 Å². The van der Waals surface area contributed by atoms with Gasteiger partial charge in [0.15, 0.2) is 0 Å². The van der Waals surface area contributed by atoms with E-state index < -0.39 is 42.9 Å². The van der Waals surface area contributed by atoms with Crippen molar-refractivity contribution in [3.8, 4) is 0 Å². The average molecular weight is 343 g/mol. The van der Waals surface area contributed by atoms with E-state index in [1.54, 1.807) is 0 Å². The largest absolute Gasteiger partial charge is 0.460 e. The Bertz CT molecular complexity index is 344. The molecule has 0 aromatic rings. The lowest BCUT2D eigenvalue weighted by molar-refractivity contribution is -0.388. The van der Waals surface area contributed by atoms with Crippen LogP contribution in [0.3, 0.4) is 0 Å². The molecule has 0 aromatic heterocycles. The van der Waals surface area contributed by atoms with Crippen LogP contribution in [0.5, 0.6) is 0 Å². The molecule has 122 valence electrons. The van der Waals surface area contributed by atoms with Crippen molar-refractivity contribution in [2.24, 2.45) is 5.73 Å². The molecule has 0 rings (SSSR count). The maximum Gasteiger partial charge on any atom is 0.460 e. The molecule has 20 heavy (non-hydrogen) atoms. The molecule has 0 bridgehead atoms. The minimum Gasteiger partial charge on any atom is -0.349 e. The zero-order chi connectivity index (χ0) is 15.7. The SMILES string of the molecule is Cl.NCCNC(=O)C(F)(F)C(F)(F)C(F)(F)C(F)(F)F. The van der Waals surface area contributed by atoms with Gasteiger partial charge in [0.05, 0.1) is 0 Å². The predicted molar refractivity (Wildman–Crippen MR) is 50.2 cm³/mol. The van der Waals surface area contributed by atoms with Crippen LogP contribution in [-0.4, -0.2) is 42.9 Å². The molecule has 0 spiro atoms. The van der Waals surface area contributed by atoms with Crippen molar-refractivity contribution in [2.75, 3.05) is 13.1 Å². The monoisotopic (exact) mass is 342 g/mol. The predicted octanol–water partition coefficient (Wildman–Crippen LogP) is 1.95. The maximum absolute atomic E-state index is 12.8. The van der Waals surface area contributed by atoms with Gasteiger partial charge in [0.1, 0.15) is 0 Å². The van der Waals surface area contributed by atoms with E-state index in [9.17, 15) is 44.3 Å². The summed E-state index contributed by atoms with van der Waals surface area (Å²) in [6.07, 6.45) is -6.95. The van der Waals surface area contributed by atoms with Gasteiger partial charge < -0.3 is 11.1 Å². The normalized spacial score (nSPS) is 13.7. The van der Waals surface area contributed by atoms with Gasteiger partial charge >= 0.3 is 23.9 Å². The number of alkyl halides is 9. The van der Waals surface area contributed by atoms with Gasteiger partial charge in [-0.3, -0.25) is 4.79 Å². The third-order valence-corrected chi connectivity index (χ3v) is 1.86. The molecule has 0 saturated heterocycles. The third-order valence-electron chi connectivity index (χ3n) is 1.86. The van der Waals surface area contributed by atoms with Crippen LogP contribution in [0.4, 0.5) is 39.5 Å². The number of rotatable bonds is 5. The fraction of sp³-hybridized carbons (Fsp3) is 0.857. The summed E-state index contributed by atoms with van der Waals surface area (Å²) in [7, 11) is 0. The lowest BCUT2D eigenvalue weighted by Gasteiger charge is -2.32. The van der Waals surface area contributed by atoms with E-state index in [4.69, 9.17) is 5.73 Å². The quantitative estimate of drug-likeness (QED) is 0.750. The molecule has 13 heteroatoms. The van der Waals surface area contributed by atoms with Crippen LogP contribution >= 0.6 is 12.4 Å². The van der Waals surface area contributed by atoms with E-state index in [-0.39, 0.29) is 12.4 Å². The topological polar surface area (TPSA) is 55.1 Å². The van der Waals surface area contributed by atoms with Crippen LogP contribution in [0, 0.1) is 0 Å². The summed E-state index contributed by atoms with van der Waals surface area (Å²) < 4.78 is 110. The maximum atomic E-state index is 12.8. The number of nitrogens with one attached hydrogen (secondary N) is 1. The summed E-state index contributed by atoms with van der Waals surface area (Å²) in [5, 5.41) is 1.01. The first kappa shape index (κ1) is 21.4. The Morgan fingerprint density at radius 3 is 1.60 bits per heavy atom. The first-order chi connectivity index (χ1) is 8.23. The van der Waals surface area contributed by atoms with E-state index in [0.717, 1.165) is 5.32 Å². The standard InChI is InChI=1S/C7H7F9N2O.ClH/c8-4(9,3(19)18-2-1-17)5(10,11)6(12,13)7(14,15)16;/h1-2,17H2,(H,18,19);1H. The lowest BCUT2D eigenvalue weighted by Crippen LogP contribution is -2.65. The molecule has 0 aliphatic carbocycles. The first-order valence-electron chi connectivity index (χ1n) is 4.42. The number of nitrogens with two attached hydrogens (primary N) is 1. The molecule has 0 unspecified atom stereocenters. The summed E-state index contributed by atoms with van der Waals surface area (Å²) in [5.74, 6) is -23.3. The van der Waals surface area contributed by atoms with E-state index in [0.29, 0.717) is 0 Å². The summed E-state index contributed by atoms with van der Waals surface area (Å²) in [6, 6.07) is 0. The highest BCUT2D eigenvalue weighted by Crippen LogP contribution is 2.52. The Morgan fingerprint density at radius 1 is 0.900 bits per heavy atom. The summed E-state index contributed by atoms with van der Waals surface area (Å²) >= 11 is 0. The van der Waals surface area contributed by atoms with Gasteiger partial charge in [-0.1, -0.05) is 0 Å². The van der Waals surface area contributed by atoms with Crippen LogP contribution < -0.4 is 11.1 Å². The number of hydrogen-bond acceptors (Lipinski definition) is 2. The molecule has 0 saturated carbocycles. The van der Waals surface area contributed by atoms with E-state index >= 15 is 0 Å². The van der Waals surface area contributed by atoms with Crippen molar-refractivity contribution in [2.45, 2.75) is 23.9 Å². The summed E-state index contributed by atoms with van der Waals surface area (Å²) in [6.45, 7) is -1.31. The number of carbonyl (C=O) groups excluding carboxylic acids is 1. The van der Waals surface area contributed by atoms with Gasteiger partial charge in [-0.2, -0.15) is 39.5 Å². The second-order valence-corrected chi connectivity index (χ2v) is 3.27. The van der Waals surface area contributed by atoms with Crippen molar-refractivity contribution < 1.29 is 44.3 Å². The highest BCUT2D eigenvalue weighted by atomic mass is 35.5. The number of hydrogen-bond donors (Lipinski definition) is 2. The Hall–Kier alpha value is -0.910. The molecule has 1 amide bonds. The molecular formula is C7H8ClF9N2O. The lowest BCUT2D eigenvalue weighted by atomic mass is 10.0. The Kier molecular flexibility index (Phi) is 6.68. The van der Waals surface area contributed by atoms with Crippen molar-refractivity contribution in [3.63, 3.8) is 0 Å². The molecule has 3 nitrogen and oxygen atoms in total. The number of halogens is 10. The average Bonchev–Trinajstić information content (AvgIpc) is 2.23. The number of amides is 1. The Labute approximate surface area is 112 Å². The molecule has 0 radical (unpaired) electrons. The second kappa shape index (κ2) is 6.24. The van der Waals surface area contributed by atoms with E-state index in [1.165, 1.54) is 0 Å². The fourth-order valence-electron chi connectivity index (χ4n) is 0.814. The van der Waals surface area contributed by atoms with Crippen molar-refractivity contribution in [3.05, 3.63) is 0 Å². The van der Waals surface area contributed by atoms with E-state index in [2.05, 4.69) is 0 Å². The van der Waals surface area contributed by atoms with Gasteiger partial charge in [0.25, 0.3) is 5.91 Å². The fourth-order valence-corrected chi connectivity index (χ4v) is 0.814. The smallest absolute Gasteiger partial charge is 0.349 e. The molecule has 0 aliphatic heterocycles.